The van der Waals surface area contributed by atoms with Gasteiger partial charge in [-0.25, -0.2) is 0 Å². The second kappa shape index (κ2) is 9.22. The van der Waals surface area contributed by atoms with Gasteiger partial charge in [-0.3, -0.25) is 4.79 Å². The van der Waals surface area contributed by atoms with Crippen LogP contribution < -0.4 is 0 Å². The Labute approximate surface area is 142 Å². The SMILES string of the molecule is CCCCCCCCN1C(=O)CS[C@H]1[C@H]1O[C@H](CO)[C@@H](O)[C@@H]1O. The molecule has 3 N–H and O–H groups in total. The first-order valence-corrected chi connectivity index (χ1v) is 9.68. The third-order valence-corrected chi connectivity index (χ3v) is 5.90. The minimum atomic E-state index is -1.10. The van der Waals surface area contributed by atoms with Gasteiger partial charge in [-0.15, -0.1) is 11.8 Å². The van der Waals surface area contributed by atoms with Crippen molar-refractivity contribution in [3.8, 4) is 0 Å². The summed E-state index contributed by atoms with van der Waals surface area (Å²) in [7, 11) is 0. The predicted octanol–water partition coefficient (Wildman–Crippen LogP) is 0.730. The van der Waals surface area contributed by atoms with Crippen molar-refractivity contribution in [3.63, 3.8) is 0 Å². The summed E-state index contributed by atoms with van der Waals surface area (Å²) in [4.78, 5) is 13.9. The molecule has 0 aliphatic carbocycles. The maximum atomic E-state index is 12.1. The van der Waals surface area contributed by atoms with Crippen LogP contribution in [0.1, 0.15) is 45.4 Å². The standard InChI is InChI=1S/C16H29NO5S/c1-2-3-4-5-6-7-8-17-12(19)10-23-16(17)15-14(21)13(20)11(9-18)22-15/h11,13-16,18,20-21H,2-10H2,1H3/t11-,13-,14+,15+,16+/m1/s1. The fraction of sp³-hybridized carbons (Fsp3) is 0.938. The number of nitrogens with zero attached hydrogens (tertiary/aromatic N) is 1. The smallest absolute Gasteiger partial charge is 0.233 e. The molecule has 0 aromatic heterocycles. The number of aliphatic hydroxyl groups excluding tert-OH is 3. The van der Waals surface area contributed by atoms with Crippen molar-refractivity contribution in [2.75, 3.05) is 18.9 Å². The van der Waals surface area contributed by atoms with Crippen molar-refractivity contribution in [1.82, 2.24) is 4.90 Å². The number of hydrogen-bond acceptors (Lipinski definition) is 6. The van der Waals surface area contributed by atoms with Gasteiger partial charge in [0, 0.05) is 6.54 Å². The highest BCUT2D eigenvalue weighted by Crippen LogP contribution is 2.35. The topological polar surface area (TPSA) is 90.2 Å². The Balaban J connectivity index is 1.84. The minimum absolute atomic E-state index is 0.0614. The molecule has 2 aliphatic rings. The monoisotopic (exact) mass is 347 g/mol. The molecule has 6 nitrogen and oxygen atoms in total. The molecular formula is C16H29NO5S. The average molecular weight is 347 g/mol. The molecule has 2 saturated heterocycles. The molecule has 0 aromatic carbocycles. The van der Waals surface area contributed by atoms with Crippen molar-refractivity contribution in [1.29, 1.82) is 0 Å². The average Bonchev–Trinajstić information content (AvgIpc) is 3.04. The highest BCUT2D eigenvalue weighted by Gasteiger charge is 2.50. The van der Waals surface area contributed by atoms with Crippen molar-refractivity contribution >= 4 is 17.7 Å². The molecule has 0 radical (unpaired) electrons. The van der Waals surface area contributed by atoms with E-state index in [1.54, 1.807) is 4.90 Å². The molecule has 0 aromatic rings. The summed E-state index contributed by atoms with van der Waals surface area (Å²) in [5.41, 5.74) is 0. The third kappa shape index (κ3) is 4.60. The molecule has 0 bridgehead atoms. The Bertz CT molecular complexity index is 383. The molecule has 2 heterocycles. The highest BCUT2D eigenvalue weighted by atomic mass is 32.2. The quantitative estimate of drug-likeness (QED) is 0.533. The van der Waals surface area contributed by atoms with Crippen LogP contribution in [0, 0.1) is 0 Å². The fourth-order valence-corrected chi connectivity index (χ4v) is 4.52. The van der Waals surface area contributed by atoms with Crippen LogP contribution in [0.3, 0.4) is 0 Å². The second-order valence-electron chi connectivity index (χ2n) is 6.36. The molecule has 23 heavy (non-hydrogen) atoms. The summed E-state index contributed by atoms with van der Waals surface area (Å²) in [5, 5.41) is 29.0. The van der Waals surface area contributed by atoms with E-state index >= 15 is 0 Å². The molecule has 7 heteroatoms. The largest absolute Gasteiger partial charge is 0.394 e. The van der Waals surface area contributed by atoms with Crippen LogP contribution in [0.4, 0.5) is 0 Å². The van der Waals surface area contributed by atoms with Crippen LogP contribution in [0.15, 0.2) is 0 Å². The number of rotatable bonds is 9. The molecular weight excluding hydrogens is 318 g/mol. The number of carbonyl (C=O) groups excluding carboxylic acids is 1. The van der Waals surface area contributed by atoms with E-state index in [1.165, 1.54) is 37.4 Å². The van der Waals surface area contributed by atoms with E-state index < -0.39 is 24.4 Å². The summed E-state index contributed by atoms with van der Waals surface area (Å²) in [6.07, 6.45) is 3.34. The van der Waals surface area contributed by atoms with E-state index in [2.05, 4.69) is 6.92 Å². The number of unbranched alkanes of at least 4 members (excludes halogenated alkanes) is 5. The molecule has 2 fully saturated rings. The normalized spacial score (nSPS) is 34.5. The van der Waals surface area contributed by atoms with E-state index in [4.69, 9.17) is 4.74 Å². The lowest BCUT2D eigenvalue weighted by molar-refractivity contribution is -0.131. The zero-order valence-corrected chi connectivity index (χ0v) is 14.6. The molecule has 2 rings (SSSR count). The van der Waals surface area contributed by atoms with E-state index in [-0.39, 0.29) is 17.9 Å². The van der Waals surface area contributed by atoms with Gasteiger partial charge in [-0.1, -0.05) is 39.0 Å². The number of aliphatic hydroxyl groups is 3. The fourth-order valence-electron chi connectivity index (χ4n) is 3.22. The highest BCUT2D eigenvalue weighted by molar-refractivity contribution is 8.01. The van der Waals surface area contributed by atoms with Gasteiger partial charge in [0.1, 0.15) is 29.8 Å². The van der Waals surface area contributed by atoms with E-state index in [0.717, 1.165) is 12.8 Å². The second-order valence-corrected chi connectivity index (χ2v) is 7.46. The van der Waals surface area contributed by atoms with Gasteiger partial charge >= 0.3 is 0 Å². The van der Waals surface area contributed by atoms with Gasteiger partial charge in [0.2, 0.25) is 5.91 Å². The lowest BCUT2D eigenvalue weighted by Crippen LogP contribution is -2.46. The maximum Gasteiger partial charge on any atom is 0.233 e. The van der Waals surface area contributed by atoms with Gasteiger partial charge in [-0.2, -0.15) is 0 Å². The van der Waals surface area contributed by atoms with Crippen molar-refractivity contribution in [3.05, 3.63) is 0 Å². The Morgan fingerprint density at radius 2 is 1.87 bits per heavy atom. The van der Waals surface area contributed by atoms with Crippen LogP contribution in [0.25, 0.3) is 0 Å². The first-order chi connectivity index (χ1) is 11.1. The van der Waals surface area contributed by atoms with E-state index in [1.807, 2.05) is 0 Å². The van der Waals surface area contributed by atoms with Gasteiger partial charge in [-0.05, 0) is 6.42 Å². The van der Waals surface area contributed by atoms with Gasteiger partial charge in [0.15, 0.2) is 0 Å². The summed E-state index contributed by atoms with van der Waals surface area (Å²) in [6, 6.07) is 0. The number of hydrogen-bond donors (Lipinski definition) is 3. The minimum Gasteiger partial charge on any atom is -0.394 e. The maximum absolute atomic E-state index is 12.1. The number of amides is 1. The van der Waals surface area contributed by atoms with Crippen LogP contribution >= 0.6 is 11.8 Å². The van der Waals surface area contributed by atoms with Crippen LogP contribution in [0.2, 0.25) is 0 Å². The van der Waals surface area contributed by atoms with Crippen molar-refractivity contribution in [2.45, 2.75) is 75.2 Å². The van der Waals surface area contributed by atoms with E-state index in [9.17, 15) is 20.1 Å². The Morgan fingerprint density at radius 1 is 1.17 bits per heavy atom. The summed E-state index contributed by atoms with van der Waals surface area (Å²) in [5.74, 6) is 0.443. The lowest BCUT2D eigenvalue weighted by Gasteiger charge is -2.29. The van der Waals surface area contributed by atoms with Crippen LogP contribution in [-0.4, -0.2) is 74.8 Å². The van der Waals surface area contributed by atoms with Crippen LogP contribution in [-0.2, 0) is 9.53 Å². The van der Waals surface area contributed by atoms with Gasteiger partial charge < -0.3 is 25.0 Å². The number of carbonyl (C=O) groups is 1. The molecule has 134 valence electrons. The summed E-state index contributed by atoms with van der Waals surface area (Å²) >= 11 is 1.44. The molecule has 0 unspecified atom stereocenters. The summed E-state index contributed by atoms with van der Waals surface area (Å²) in [6.45, 7) is 2.51. The summed E-state index contributed by atoms with van der Waals surface area (Å²) < 4.78 is 5.59. The lowest BCUT2D eigenvalue weighted by atomic mass is 10.1. The first kappa shape index (κ1) is 19.0. The third-order valence-electron chi connectivity index (χ3n) is 4.62. The number of ether oxygens (including phenoxy) is 1. The Morgan fingerprint density at radius 3 is 2.52 bits per heavy atom. The molecule has 0 spiro atoms. The molecule has 5 atom stereocenters. The number of thioether (sulfide) groups is 1. The zero-order chi connectivity index (χ0) is 16.8. The first-order valence-electron chi connectivity index (χ1n) is 8.63. The van der Waals surface area contributed by atoms with Gasteiger partial charge in [0.25, 0.3) is 0 Å². The zero-order valence-electron chi connectivity index (χ0n) is 13.8. The van der Waals surface area contributed by atoms with Crippen LogP contribution in [0.5, 0.6) is 0 Å². The molecule has 2 aliphatic heterocycles. The van der Waals surface area contributed by atoms with Crippen molar-refractivity contribution in [2.24, 2.45) is 0 Å². The van der Waals surface area contributed by atoms with E-state index in [0.29, 0.717) is 12.3 Å². The Hall–Kier alpha value is -0.340. The molecule has 0 saturated carbocycles. The van der Waals surface area contributed by atoms with Gasteiger partial charge in [0.05, 0.1) is 12.4 Å². The molecule has 1 amide bonds. The Kier molecular flexibility index (Phi) is 7.62. The van der Waals surface area contributed by atoms with Crippen molar-refractivity contribution < 1.29 is 24.9 Å². The predicted molar refractivity (Wildman–Crippen MR) is 89.1 cm³/mol.